The van der Waals surface area contributed by atoms with Crippen LogP contribution >= 0.6 is 15.9 Å². The maximum atomic E-state index is 13.9. The van der Waals surface area contributed by atoms with Gasteiger partial charge in [-0.2, -0.15) is 4.98 Å². The van der Waals surface area contributed by atoms with Crippen LogP contribution in [-0.4, -0.2) is 59.5 Å². The summed E-state index contributed by atoms with van der Waals surface area (Å²) >= 11 is 3.44. The van der Waals surface area contributed by atoms with Gasteiger partial charge in [0.15, 0.2) is 11.6 Å². The maximum absolute atomic E-state index is 13.9. The number of nitrogens with zero attached hydrogens (tertiary/aromatic N) is 5. The molecule has 3 N–H and O–H groups in total. The van der Waals surface area contributed by atoms with Crippen molar-refractivity contribution in [3.05, 3.63) is 64.2 Å². The summed E-state index contributed by atoms with van der Waals surface area (Å²) in [5.41, 5.74) is 2.62. The number of hydrogen-bond donors (Lipinski definition) is 3. The molecular formula is C34H36BrN7O5. The number of rotatable bonds is 10. The van der Waals surface area contributed by atoms with Crippen LogP contribution in [0.15, 0.2) is 47.3 Å². The van der Waals surface area contributed by atoms with Gasteiger partial charge in [-0.25, -0.2) is 19.7 Å². The fraction of sp³-hybridized carbons (Fsp3) is 0.382. The number of carboxylic acid groups (broad SMARTS) is 1. The van der Waals surface area contributed by atoms with E-state index < -0.39 is 17.4 Å². The van der Waals surface area contributed by atoms with Crippen molar-refractivity contribution < 1.29 is 24.2 Å². The molecule has 3 heterocycles. The van der Waals surface area contributed by atoms with E-state index in [9.17, 15) is 14.4 Å². The standard InChI is InChI=1S/C34H36BrN7O5/c1-3-47-32-24(12-13-27(43)44)36-19-26(39-32)40-33(46)34(14-6-7-15-34)41-31(45)21-10-11-23-25(16-21)42(2)29(28(23)20-8-4-5-9-20)30-37-17-22(35)18-38-30/h10-13,16-20H,3-9,14-15H2,1-2H3,(H,41,45)(H,43,44)(H,39,40,46)/b13-12+. The van der Waals surface area contributed by atoms with Gasteiger partial charge in [-0.1, -0.05) is 31.7 Å². The predicted octanol–water partition coefficient (Wildman–Crippen LogP) is 6.02. The molecule has 0 aliphatic heterocycles. The number of halogens is 1. The molecule has 0 atom stereocenters. The van der Waals surface area contributed by atoms with E-state index in [0.717, 1.165) is 52.8 Å². The molecule has 2 aliphatic rings. The van der Waals surface area contributed by atoms with Gasteiger partial charge in [0.05, 0.1) is 23.0 Å². The highest BCUT2D eigenvalue weighted by Crippen LogP contribution is 2.44. The SMILES string of the molecule is CCOc1nc(NC(=O)C2(NC(=O)c3ccc4c(C5CCCC5)c(-c5ncc(Br)cn5)n(C)c4c3)CCCC2)cnc1/C=C/C(=O)O. The first-order chi connectivity index (χ1) is 22.7. The maximum Gasteiger partial charge on any atom is 0.328 e. The molecule has 2 saturated carbocycles. The van der Waals surface area contributed by atoms with Crippen LogP contribution in [0.3, 0.4) is 0 Å². The Kier molecular flexibility index (Phi) is 9.35. The summed E-state index contributed by atoms with van der Waals surface area (Å²) in [6.45, 7) is 2.03. The van der Waals surface area contributed by atoms with Crippen LogP contribution in [0.4, 0.5) is 5.82 Å². The summed E-state index contributed by atoms with van der Waals surface area (Å²) in [5, 5.41) is 15.9. The van der Waals surface area contributed by atoms with E-state index in [1.807, 2.05) is 25.2 Å². The van der Waals surface area contributed by atoms with Gasteiger partial charge in [-0.05, 0) is 78.2 Å². The summed E-state index contributed by atoms with van der Waals surface area (Å²) in [4.78, 5) is 56.4. The van der Waals surface area contributed by atoms with Crippen molar-refractivity contribution in [2.24, 2.45) is 7.05 Å². The average Bonchev–Trinajstić information content (AvgIpc) is 3.82. The van der Waals surface area contributed by atoms with Crippen molar-refractivity contribution in [3.63, 3.8) is 0 Å². The van der Waals surface area contributed by atoms with E-state index in [1.165, 1.54) is 30.7 Å². The van der Waals surface area contributed by atoms with Crippen molar-refractivity contribution >= 4 is 56.5 Å². The monoisotopic (exact) mass is 701 g/mol. The average molecular weight is 703 g/mol. The number of hydrogen-bond acceptors (Lipinski definition) is 8. The Morgan fingerprint density at radius 1 is 1.09 bits per heavy atom. The Bertz CT molecular complexity index is 1860. The van der Waals surface area contributed by atoms with Crippen molar-refractivity contribution in [1.29, 1.82) is 0 Å². The van der Waals surface area contributed by atoms with Gasteiger partial charge in [0.2, 0.25) is 5.88 Å². The molecule has 0 spiro atoms. The van der Waals surface area contributed by atoms with Crippen molar-refractivity contribution in [2.75, 3.05) is 11.9 Å². The van der Waals surface area contributed by atoms with E-state index in [2.05, 4.69) is 51.1 Å². The fourth-order valence-electron chi connectivity index (χ4n) is 6.80. The minimum Gasteiger partial charge on any atom is -0.478 e. The lowest BCUT2D eigenvalue weighted by Crippen LogP contribution is -2.55. The highest BCUT2D eigenvalue weighted by molar-refractivity contribution is 9.10. The van der Waals surface area contributed by atoms with E-state index in [1.54, 1.807) is 19.3 Å². The molecule has 4 aromatic rings. The number of aryl methyl sites for hydroxylation is 1. The molecule has 0 saturated heterocycles. The van der Waals surface area contributed by atoms with Crippen LogP contribution in [0, 0.1) is 0 Å². The van der Waals surface area contributed by atoms with Crippen molar-refractivity contribution in [3.8, 4) is 17.4 Å². The Hall–Kier alpha value is -4.65. The second kappa shape index (κ2) is 13.6. The van der Waals surface area contributed by atoms with E-state index in [4.69, 9.17) is 9.84 Å². The molecule has 244 valence electrons. The Morgan fingerprint density at radius 2 is 1.81 bits per heavy atom. The molecule has 0 bridgehead atoms. The second-order valence-electron chi connectivity index (χ2n) is 12.0. The van der Waals surface area contributed by atoms with Gasteiger partial charge < -0.3 is 25.0 Å². The number of fused-ring (bicyclic) bond motifs is 1. The first kappa shape index (κ1) is 32.3. The molecule has 0 radical (unpaired) electrons. The Labute approximate surface area is 280 Å². The predicted molar refractivity (Wildman–Crippen MR) is 180 cm³/mol. The van der Waals surface area contributed by atoms with Gasteiger partial charge >= 0.3 is 5.97 Å². The first-order valence-corrected chi connectivity index (χ1v) is 16.6. The lowest BCUT2D eigenvalue weighted by Gasteiger charge is -2.29. The molecule has 2 fully saturated rings. The second-order valence-corrected chi connectivity index (χ2v) is 12.9. The summed E-state index contributed by atoms with van der Waals surface area (Å²) < 4.78 is 8.41. The van der Waals surface area contributed by atoms with Gasteiger partial charge in [0.1, 0.15) is 11.2 Å². The Balaban J connectivity index is 1.28. The van der Waals surface area contributed by atoms with Crippen molar-refractivity contribution in [2.45, 2.75) is 69.7 Å². The lowest BCUT2D eigenvalue weighted by molar-refractivity contribution is -0.131. The third-order valence-electron chi connectivity index (χ3n) is 9.02. The molecular weight excluding hydrogens is 666 g/mol. The quantitative estimate of drug-likeness (QED) is 0.168. The molecule has 2 aliphatic carbocycles. The van der Waals surface area contributed by atoms with Crippen molar-refractivity contribution in [1.82, 2.24) is 29.8 Å². The number of amides is 2. The Morgan fingerprint density at radius 3 is 2.49 bits per heavy atom. The highest BCUT2D eigenvalue weighted by atomic mass is 79.9. The van der Waals surface area contributed by atoms with E-state index in [0.29, 0.717) is 30.1 Å². The zero-order valence-corrected chi connectivity index (χ0v) is 27.8. The van der Waals surface area contributed by atoms with E-state index >= 15 is 0 Å². The third kappa shape index (κ3) is 6.62. The summed E-state index contributed by atoms with van der Waals surface area (Å²) in [6.07, 6.45) is 14.1. The number of nitrogens with one attached hydrogen (secondary N) is 2. The normalized spacial score (nSPS) is 16.1. The molecule has 12 nitrogen and oxygen atoms in total. The molecule has 0 unspecified atom stereocenters. The number of carbonyl (C=O) groups is 3. The smallest absolute Gasteiger partial charge is 0.328 e. The molecule has 13 heteroatoms. The zero-order valence-electron chi connectivity index (χ0n) is 26.3. The lowest BCUT2D eigenvalue weighted by atomic mass is 9.93. The van der Waals surface area contributed by atoms with Gasteiger partial charge in [0, 0.05) is 42.0 Å². The van der Waals surface area contributed by atoms with Crippen LogP contribution in [-0.2, 0) is 16.6 Å². The summed E-state index contributed by atoms with van der Waals surface area (Å²) in [7, 11) is 1.98. The number of aromatic nitrogens is 5. The van der Waals surface area contributed by atoms with Gasteiger partial charge in [-0.3, -0.25) is 9.59 Å². The summed E-state index contributed by atoms with van der Waals surface area (Å²) in [5.74, 6) is -0.615. The number of carbonyl (C=O) groups excluding carboxylic acids is 2. The summed E-state index contributed by atoms with van der Waals surface area (Å²) in [6, 6.07) is 5.72. The number of aliphatic carboxylic acids is 1. The molecule has 3 aromatic heterocycles. The zero-order chi connectivity index (χ0) is 33.1. The van der Waals surface area contributed by atoms with Crippen LogP contribution in [0.5, 0.6) is 5.88 Å². The van der Waals surface area contributed by atoms with Gasteiger partial charge in [0.25, 0.3) is 11.8 Å². The minimum atomic E-state index is -1.14. The van der Waals surface area contributed by atoms with Crippen LogP contribution in [0.25, 0.3) is 28.5 Å². The number of anilines is 1. The van der Waals surface area contributed by atoms with Gasteiger partial charge in [-0.15, -0.1) is 0 Å². The van der Waals surface area contributed by atoms with Crippen LogP contribution in [0.1, 0.15) is 85.8 Å². The topological polar surface area (TPSA) is 161 Å². The number of benzene rings is 1. The van der Waals surface area contributed by atoms with Crippen LogP contribution < -0.4 is 15.4 Å². The molecule has 1 aromatic carbocycles. The number of ether oxygens (including phenoxy) is 1. The molecule has 2 amide bonds. The number of carboxylic acids is 1. The van der Waals surface area contributed by atoms with E-state index in [-0.39, 0.29) is 29.9 Å². The molecule has 6 rings (SSSR count). The first-order valence-electron chi connectivity index (χ1n) is 15.8. The fourth-order valence-corrected chi connectivity index (χ4v) is 7.01. The molecule has 47 heavy (non-hydrogen) atoms. The largest absolute Gasteiger partial charge is 0.478 e. The minimum absolute atomic E-state index is 0.0908. The van der Waals surface area contributed by atoms with Crippen LogP contribution in [0.2, 0.25) is 0 Å². The third-order valence-corrected chi connectivity index (χ3v) is 9.43. The highest BCUT2D eigenvalue weighted by Gasteiger charge is 2.43.